The Kier molecular flexibility index (Phi) is 8.45. The first-order chi connectivity index (χ1) is 18.9. The van der Waals surface area contributed by atoms with Crippen LogP contribution in [0.3, 0.4) is 0 Å². The normalized spacial score (nSPS) is 14.5. The van der Waals surface area contributed by atoms with Gasteiger partial charge >= 0.3 is 5.97 Å². The molecular formula is C29H26Cl2N4O3S. The first-order valence-electron chi connectivity index (χ1n) is 12.4. The molecule has 0 aliphatic carbocycles. The van der Waals surface area contributed by atoms with Crippen LogP contribution < -0.4 is 10.1 Å². The molecule has 39 heavy (non-hydrogen) atoms. The highest BCUT2D eigenvalue weighted by Crippen LogP contribution is 2.38. The lowest BCUT2D eigenvalue weighted by atomic mass is 9.95. The number of ether oxygens (including phenoxy) is 2. The van der Waals surface area contributed by atoms with Crippen LogP contribution in [0.5, 0.6) is 5.75 Å². The van der Waals surface area contributed by atoms with Crippen molar-refractivity contribution in [3.05, 3.63) is 111 Å². The van der Waals surface area contributed by atoms with E-state index in [2.05, 4.69) is 10.3 Å². The SMILES string of the molecule is CCSc1nc2n(n1)C(c1cccc(OCc3ccc(Cl)cc3Cl)c1)C(C(=O)OCc1ccccc1)=C(C)N2. The largest absolute Gasteiger partial charge is 0.489 e. The van der Waals surface area contributed by atoms with Gasteiger partial charge in [0.05, 0.1) is 5.57 Å². The summed E-state index contributed by atoms with van der Waals surface area (Å²) in [6.45, 7) is 4.31. The monoisotopic (exact) mass is 580 g/mol. The molecule has 0 radical (unpaired) electrons. The molecule has 7 nitrogen and oxygen atoms in total. The molecule has 1 unspecified atom stereocenters. The number of anilines is 1. The minimum absolute atomic E-state index is 0.162. The zero-order chi connectivity index (χ0) is 27.4. The van der Waals surface area contributed by atoms with Crippen LogP contribution in [-0.4, -0.2) is 26.5 Å². The predicted octanol–water partition coefficient (Wildman–Crippen LogP) is 7.31. The van der Waals surface area contributed by atoms with Crippen molar-refractivity contribution < 1.29 is 14.3 Å². The van der Waals surface area contributed by atoms with Crippen LogP contribution in [0, 0.1) is 0 Å². The topological polar surface area (TPSA) is 78.3 Å². The van der Waals surface area contributed by atoms with Crippen molar-refractivity contribution in [2.45, 2.75) is 38.3 Å². The summed E-state index contributed by atoms with van der Waals surface area (Å²) in [4.78, 5) is 18.2. The Balaban J connectivity index is 1.46. The molecule has 0 bridgehead atoms. The lowest BCUT2D eigenvalue weighted by Gasteiger charge is -2.28. The number of rotatable bonds is 9. The zero-order valence-corrected chi connectivity index (χ0v) is 23.7. The van der Waals surface area contributed by atoms with E-state index in [1.165, 1.54) is 11.8 Å². The van der Waals surface area contributed by atoms with Gasteiger partial charge in [-0.25, -0.2) is 9.48 Å². The van der Waals surface area contributed by atoms with E-state index in [1.807, 2.05) is 74.5 Å². The molecule has 2 heterocycles. The van der Waals surface area contributed by atoms with Gasteiger partial charge in [0.1, 0.15) is 25.0 Å². The third-order valence-corrected chi connectivity index (χ3v) is 7.43. The number of halogens is 2. The number of benzene rings is 3. The molecule has 0 spiro atoms. The maximum atomic E-state index is 13.5. The third-order valence-electron chi connectivity index (χ3n) is 6.12. The number of hydrogen-bond donors (Lipinski definition) is 1. The van der Waals surface area contributed by atoms with Gasteiger partial charge in [-0.3, -0.25) is 0 Å². The first kappa shape index (κ1) is 27.1. The highest BCUT2D eigenvalue weighted by atomic mass is 35.5. The molecule has 200 valence electrons. The Morgan fingerprint density at radius 2 is 1.87 bits per heavy atom. The Morgan fingerprint density at radius 1 is 1.05 bits per heavy atom. The van der Waals surface area contributed by atoms with Gasteiger partial charge in [-0.1, -0.05) is 90.4 Å². The average molecular weight is 582 g/mol. The molecule has 1 N–H and O–H groups in total. The van der Waals surface area contributed by atoms with Crippen molar-refractivity contribution >= 4 is 46.9 Å². The van der Waals surface area contributed by atoms with Crippen molar-refractivity contribution in [2.24, 2.45) is 0 Å². The number of carbonyl (C=O) groups is 1. The average Bonchev–Trinajstić information content (AvgIpc) is 3.33. The third kappa shape index (κ3) is 6.24. The molecule has 0 fully saturated rings. The van der Waals surface area contributed by atoms with Crippen molar-refractivity contribution in [1.29, 1.82) is 0 Å². The van der Waals surface area contributed by atoms with Gasteiger partial charge in [0, 0.05) is 21.3 Å². The van der Waals surface area contributed by atoms with Gasteiger partial charge in [0.2, 0.25) is 11.1 Å². The van der Waals surface area contributed by atoms with E-state index in [1.54, 1.807) is 16.8 Å². The molecule has 1 aliphatic heterocycles. The van der Waals surface area contributed by atoms with Crippen molar-refractivity contribution in [1.82, 2.24) is 14.8 Å². The van der Waals surface area contributed by atoms with Gasteiger partial charge in [-0.2, -0.15) is 4.98 Å². The van der Waals surface area contributed by atoms with Crippen LogP contribution in [0.1, 0.15) is 36.6 Å². The number of esters is 1. The summed E-state index contributed by atoms with van der Waals surface area (Å²) >= 11 is 13.9. The Hall–Kier alpha value is -3.46. The summed E-state index contributed by atoms with van der Waals surface area (Å²) in [7, 11) is 0. The van der Waals surface area contributed by atoms with E-state index in [4.69, 9.17) is 37.8 Å². The molecule has 5 rings (SSSR count). The smallest absolute Gasteiger partial charge is 0.338 e. The maximum absolute atomic E-state index is 13.5. The van der Waals surface area contributed by atoms with Gasteiger partial charge < -0.3 is 14.8 Å². The number of aromatic nitrogens is 3. The molecule has 1 aliphatic rings. The molecule has 0 saturated carbocycles. The van der Waals surface area contributed by atoms with Gasteiger partial charge in [-0.05, 0) is 48.1 Å². The van der Waals surface area contributed by atoms with Crippen molar-refractivity contribution in [3.63, 3.8) is 0 Å². The zero-order valence-electron chi connectivity index (χ0n) is 21.4. The fourth-order valence-corrected chi connectivity index (χ4v) is 5.29. The molecule has 10 heteroatoms. The summed E-state index contributed by atoms with van der Waals surface area (Å²) in [6, 6.07) is 21.9. The molecule has 1 atom stereocenters. The Labute approximate surface area is 241 Å². The van der Waals surface area contributed by atoms with Crippen LogP contribution in [0.4, 0.5) is 5.95 Å². The highest BCUT2D eigenvalue weighted by Gasteiger charge is 2.35. The molecule has 1 aromatic heterocycles. The number of allylic oxidation sites excluding steroid dienone is 1. The van der Waals surface area contributed by atoms with E-state index >= 15 is 0 Å². The van der Waals surface area contributed by atoms with E-state index in [0.717, 1.165) is 22.4 Å². The minimum atomic E-state index is -0.564. The first-order valence-corrected chi connectivity index (χ1v) is 14.1. The maximum Gasteiger partial charge on any atom is 0.338 e. The quantitative estimate of drug-likeness (QED) is 0.164. The molecular weight excluding hydrogens is 555 g/mol. The second kappa shape index (κ2) is 12.2. The standard InChI is InChI=1S/C29H26Cl2N4O3S/c1-3-39-29-33-28-32-18(2)25(27(36)38-16-19-8-5-4-6-9-19)26(35(28)34-29)20-10-7-11-23(14-20)37-17-21-12-13-22(30)15-24(21)31/h4-15,26H,3,16-17H2,1-2H3,(H,32,33,34). The Bertz CT molecular complexity index is 1520. The molecule has 0 amide bonds. The van der Waals surface area contributed by atoms with Crippen LogP contribution in [0.15, 0.2) is 89.2 Å². The summed E-state index contributed by atoms with van der Waals surface area (Å²) in [6.07, 6.45) is 0. The van der Waals surface area contributed by atoms with Crippen LogP contribution in [0.25, 0.3) is 0 Å². The lowest BCUT2D eigenvalue weighted by Crippen LogP contribution is -2.29. The van der Waals surface area contributed by atoms with E-state index in [0.29, 0.717) is 38.2 Å². The van der Waals surface area contributed by atoms with Crippen LogP contribution >= 0.6 is 35.0 Å². The molecule has 4 aromatic rings. The summed E-state index contributed by atoms with van der Waals surface area (Å²) < 4.78 is 13.6. The number of nitrogens with one attached hydrogen (secondary N) is 1. The number of carbonyl (C=O) groups excluding carboxylic acids is 1. The fraction of sp³-hybridized carbons (Fsp3) is 0.207. The van der Waals surface area contributed by atoms with E-state index < -0.39 is 12.0 Å². The number of nitrogens with zero attached hydrogens (tertiary/aromatic N) is 3. The fourth-order valence-electron chi connectivity index (χ4n) is 4.27. The second-order valence-corrected chi connectivity index (χ2v) is 10.9. The van der Waals surface area contributed by atoms with Gasteiger partial charge in [-0.15, -0.1) is 5.10 Å². The lowest BCUT2D eigenvalue weighted by molar-refractivity contribution is -0.140. The number of hydrogen-bond acceptors (Lipinski definition) is 7. The summed E-state index contributed by atoms with van der Waals surface area (Å²) in [5, 5.41) is 9.68. The molecule has 3 aromatic carbocycles. The Morgan fingerprint density at radius 3 is 2.64 bits per heavy atom. The summed E-state index contributed by atoms with van der Waals surface area (Å²) in [5.74, 6) is 1.58. The van der Waals surface area contributed by atoms with Crippen molar-refractivity contribution in [3.8, 4) is 5.75 Å². The van der Waals surface area contributed by atoms with Crippen LogP contribution in [0.2, 0.25) is 10.0 Å². The van der Waals surface area contributed by atoms with Crippen molar-refractivity contribution in [2.75, 3.05) is 11.1 Å². The second-order valence-electron chi connectivity index (χ2n) is 8.82. The summed E-state index contributed by atoms with van der Waals surface area (Å²) in [5.41, 5.74) is 3.64. The number of fused-ring (bicyclic) bond motifs is 1. The number of thioether (sulfide) groups is 1. The van der Waals surface area contributed by atoms with Gasteiger partial charge in [0.15, 0.2) is 0 Å². The van der Waals surface area contributed by atoms with Gasteiger partial charge in [0.25, 0.3) is 0 Å². The van der Waals surface area contributed by atoms with E-state index in [-0.39, 0.29) is 13.2 Å². The predicted molar refractivity (Wildman–Crippen MR) is 154 cm³/mol. The minimum Gasteiger partial charge on any atom is -0.489 e. The molecule has 0 saturated heterocycles. The van der Waals surface area contributed by atoms with E-state index in [9.17, 15) is 4.79 Å². The van der Waals surface area contributed by atoms with Crippen LogP contribution in [-0.2, 0) is 22.7 Å². The highest BCUT2D eigenvalue weighted by molar-refractivity contribution is 7.99.